The highest BCUT2D eigenvalue weighted by Crippen LogP contribution is 2.19. The van der Waals surface area contributed by atoms with Crippen LogP contribution in [-0.2, 0) is 4.79 Å². The molecule has 1 heterocycles. The number of nitrogens with one attached hydrogen (secondary N) is 2. The van der Waals surface area contributed by atoms with Gasteiger partial charge in [-0.3, -0.25) is 4.79 Å². The SMILES string of the molecule is C=CCNC(=O)[C@H](C)[NH+]1CCN(c2cccc(Cl)c2)CC1. The van der Waals surface area contributed by atoms with E-state index in [-0.39, 0.29) is 11.9 Å². The number of rotatable bonds is 5. The van der Waals surface area contributed by atoms with Crippen molar-refractivity contribution in [1.82, 2.24) is 5.32 Å². The van der Waals surface area contributed by atoms with Crippen LogP contribution in [0.1, 0.15) is 6.92 Å². The third-order valence-corrected chi connectivity index (χ3v) is 4.24. The van der Waals surface area contributed by atoms with Crippen LogP contribution in [0.2, 0.25) is 5.02 Å². The van der Waals surface area contributed by atoms with Gasteiger partial charge in [0.1, 0.15) is 0 Å². The number of anilines is 1. The van der Waals surface area contributed by atoms with Crippen LogP contribution in [0.25, 0.3) is 0 Å². The zero-order valence-corrected chi connectivity index (χ0v) is 13.2. The minimum atomic E-state index is -0.0218. The Kier molecular flexibility index (Phi) is 5.65. The molecule has 1 aromatic carbocycles. The zero-order chi connectivity index (χ0) is 15.2. The number of quaternary nitrogens is 1. The van der Waals surface area contributed by atoms with Crippen molar-refractivity contribution in [3.63, 3.8) is 0 Å². The van der Waals surface area contributed by atoms with Gasteiger partial charge in [0.2, 0.25) is 0 Å². The van der Waals surface area contributed by atoms with Crippen molar-refractivity contribution in [2.24, 2.45) is 0 Å². The van der Waals surface area contributed by atoms with Gasteiger partial charge in [-0.25, -0.2) is 0 Å². The number of carbonyl (C=O) groups excluding carboxylic acids is 1. The molecule has 5 heteroatoms. The average Bonchev–Trinajstić information content (AvgIpc) is 2.52. The Hall–Kier alpha value is -1.52. The monoisotopic (exact) mass is 308 g/mol. The van der Waals surface area contributed by atoms with Gasteiger partial charge in [0.05, 0.1) is 26.2 Å². The highest BCUT2D eigenvalue weighted by atomic mass is 35.5. The first-order chi connectivity index (χ1) is 10.1. The lowest BCUT2D eigenvalue weighted by atomic mass is 10.2. The normalized spacial score (nSPS) is 17.3. The molecule has 1 aliphatic heterocycles. The predicted molar refractivity (Wildman–Crippen MR) is 87.0 cm³/mol. The maximum Gasteiger partial charge on any atom is 0.278 e. The number of amides is 1. The van der Waals surface area contributed by atoms with Gasteiger partial charge in [-0.15, -0.1) is 6.58 Å². The van der Waals surface area contributed by atoms with Crippen LogP contribution in [0.4, 0.5) is 5.69 Å². The second-order valence-corrected chi connectivity index (χ2v) is 5.82. The first-order valence-corrected chi connectivity index (χ1v) is 7.73. The fourth-order valence-electron chi connectivity index (χ4n) is 2.67. The maximum atomic E-state index is 12.0. The highest BCUT2D eigenvalue weighted by Gasteiger charge is 2.28. The Bertz CT molecular complexity index is 498. The van der Waals surface area contributed by atoms with Gasteiger partial charge in [0.15, 0.2) is 6.04 Å². The molecule has 0 spiro atoms. The van der Waals surface area contributed by atoms with E-state index in [0.29, 0.717) is 6.54 Å². The van der Waals surface area contributed by atoms with Crippen molar-refractivity contribution in [2.45, 2.75) is 13.0 Å². The molecule has 0 radical (unpaired) electrons. The molecule has 0 aromatic heterocycles. The lowest BCUT2D eigenvalue weighted by molar-refractivity contribution is -0.914. The number of benzene rings is 1. The minimum Gasteiger partial charge on any atom is -0.360 e. The topological polar surface area (TPSA) is 36.8 Å². The summed E-state index contributed by atoms with van der Waals surface area (Å²) >= 11 is 6.04. The average molecular weight is 309 g/mol. The zero-order valence-electron chi connectivity index (χ0n) is 12.4. The Labute approximate surface area is 131 Å². The summed E-state index contributed by atoms with van der Waals surface area (Å²) in [7, 11) is 0. The molecular formula is C16H23ClN3O+. The van der Waals surface area contributed by atoms with Gasteiger partial charge in [0, 0.05) is 17.3 Å². The standard InChI is InChI=1S/C16H22ClN3O/c1-3-7-18-16(21)13(2)19-8-10-20(11-9-19)15-6-4-5-14(17)12-15/h3-6,12-13H,1,7-11H2,2H3,(H,18,21)/p+1/t13-/m0/s1. The number of halogens is 1. The summed E-state index contributed by atoms with van der Waals surface area (Å²) in [6.07, 6.45) is 1.71. The van der Waals surface area contributed by atoms with Crippen LogP contribution in [0.15, 0.2) is 36.9 Å². The van der Waals surface area contributed by atoms with E-state index < -0.39 is 0 Å². The summed E-state index contributed by atoms with van der Waals surface area (Å²) in [4.78, 5) is 15.6. The Balaban J connectivity index is 1.88. The summed E-state index contributed by atoms with van der Waals surface area (Å²) in [6.45, 7) is 9.92. The van der Waals surface area contributed by atoms with Crippen molar-refractivity contribution in [1.29, 1.82) is 0 Å². The fourth-order valence-corrected chi connectivity index (χ4v) is 2.85. The molecule has 1 atom stereocenters. The van der Waals surface area contributed by atoms with Crippen LogP contribution in [-0.4, -0.2) is 44.7 Å². The first-order valence-electron chi connectivity index (χ1n) is 7.35. The summed E-state index contributed by atoms with van der Waals surface area (Å²) in [5.41, 5.74) is 1.16. The summed E-state index contributed by atoms with van der Waals surface area (Å²) in [5, 5.41) is 3.63. The molecule has 2 rings (SSSR count). The third kappa shape index (κ3) is 4.22. The number of hydrogen-bond donors (Lipinski definition) is 2. The van der Waals surface area contributed by atoms with Crippen molar-refractivity contribution in [2.75, 3.05) is 37.6 Å². The van der Waals surface area contributed by atoms with E-state index in [9.17, 15) is 4.79 Å². The van der Waals surface area contributed by atoms with Crippen LogP contribution in [0.3, 0.4) is 0 Å². The Morgan fingerprint density at radius 3 is 2.86 bits per heavy atom. The van der Waals surface area contributed by atoms with Crippen LogP contribution in [0.5, 0.6) is 0 Å². The molecule has 2 N–H and O–H groups in total. The fraction of sp³-hybridized carbons (Fsp3) is 0.438. The number of hydrogen-bond acceptors (Lipinski definition) is 2. The van der Waals surface area contributed by atoms with Gasteiger partial charge < -0.3 is 15.1 Å². The molecule has 0 aliphatic carbocycles. The van der Waals surface area contributed by atoms with Crippen LogP contribution in [0, 0.1) is 0 Å². The van der Waals surface area contributed by atoms with Crippen molar-refractivity contribution in [3.05, 3.63) is 41.9 Å². The Morgan fingerprint density at radius 1 is 1.52 bits per heavy atom. The van der Waals surface area contributed by atoms with Crippen molar-refractivity contribution in [3.8, 4) is 0 Å². The van der Waals surface area contributed by atoms with E-state index in [1.807, 2.05) is 25.1 Å². The molecule has 114 valence electrons. The van der Waals surface area contributed by atoms with Gasteiger partial charge in [-0.1, -0.05) is 23.7 Å². The third-order valence-electron chi connectivity index (χ3n) is 4.01. The maximum absolute atomic E-state index is 12.0. The predicted octanol–water partition coefficient (Wildman–Crippen LogP) is 0.736. The molecule has 1 aromatic rings. The number of nitrogens with zero attached hydrogens (tertiary/aromatic N) is 1. The van der Waals surface area contributed by atoms with Gasteiger partial charge in [0.25, 0.3) is 5.91 Å². The second-order valence-electron chi connectivity index (χ2n) is 5.38. The highest BCUT2D eigenvalue weighted by molar-refractivity contribution is 6.30. The molecule has 0 saturated carbocycles. The molecule has 0 unspecified atom stereocenters. The molecule has 4 nitrogen and oxygen atoms in total. The quantitative estimate of drug-likeness (QED) is 0.787. The van der Waals surface area contributed by atoms with E-state index in [0.717, 1.165) is 36.9 Å². The number of piperazine rings is 1. The Morgan fingerprint density at radius 2 is 2.24 bits per heavy atom. The van der Waals surface area contributed by atoms with E-state index in [1.165, 1.54) is 4.90 Å². The smallest absolute Gasteiger partial charge is 0.278 e. The van der Waals surface area contributed by atoms with Gasteiger partial charge in [-0.05, 0) is 25.1 Å². The van der Waals surface area contributed by atoms with Crippen LogP contribution < -0.4 is 15.1 Å². The molecule has 1 saturated heterocycles. The molecular weight excluding hydrogens is 286 g/mol. The minimum absolute atomic E-state index is 0.0218. The number of carbonyl (C=O) groups is 1. The summed E-state index contributed by atoms with van der Waals surface area (Å²) in [6, 6.07) is 7.91. The molecule has 1 fully saturated rings. The van der Waals surface area contributed by atoms with E-state index >= 15 is 0 Å². The van der Waals surface area contributed by atoms with E-state index in [4.69, 9.17) is 11.6 Å². The molecule has 1 amide bonds. The van der Waals surface area contributed by atoms with Gasteiger partial charge >= 0.3 is 0 Å². The van der Waals surface area contributed by atoms with Crippen molar-refractivity contribution >= 4 is 23.2 Å². The molecule has 0 bridgehead atoms. The summed E-state index contributed by atoms with van der Waals surface area (Å²) < 4.78 is 0. The van der Waals surface area contributed by atoms with Crippen molar-refractivity contribution < 1.29 is 9.69 Å². The summed E-state index contributed by atoms with van der Waals surface area (Å²) in [5.74, 6) is 0.0982. The first kappa shape index (κ1) is 15.9. The van der Waals surface area contributed by atoms with Crippen LogP contribution >= 0.6 is 11.6 Å². The van der Waals surface area contributed by atoms with E-state index in [2.05, 4.69) is 22.9 Å². The largest absolute Gasteiger partial charge is 0.360 e. The lowest BCUT2D eigenvalue weighted by Gasteiger charge is -2.36. The molecule has 1 aliphatic rings. The lowest BCUT2D eigenvalue weighted by Crippen LogP contribution is -3.19. The second kappa shape index (κ2) is 7.48. The van der Waals surface area contributed by atoms with E-state index in [1.54, 1.807) is 6.08 Å². The molecule has 21 heavy (non-hydrogen) atoms. The van der Waals surface area contributed by atoms with Gasteiger partial charge in [-0.2, -0.15) is 0 Å².